The van der Waals surface area contributed by atoms with Crippen molar-refractivity contribution in [1.82, 2.24) is 0 Å². The molecule has 0 unspecified atom stereocenters. The van der Waals surface area contributed by atoms with Crippen molar-refractivity contribution in [1.29, 1.82) is 0 Å². The van der Waals surface area contributed by atoms with Gasteiger partial charge in [0, 0.05) is 10.8 Å². The van der Waals surface area contributed by atoms with Crippen LogP contribution in [0.15, 0.2) is 66.7 Å². The third-order valence-corrected chi connectivity index (χ3v) is 5.20. The maximum absolute atomic E-state index is 14.5. The zero-order chi connectivity index (χ0) is 15.1. The number of rotatable bonds is 0. The lowest BCUT2D eigenvalue weighted by atomic mass is 9.90. The summed E-state index contributed by atoms with van der Waals surface area (Å²) in [6, 6.07) is 22.5. The Morgan fingerprint density at radius 2 is 1.30 bits per heavy atom. The standard InChI is InChI=1S/C22H11F/c23-19-11-13-8-9-16-14-5-1-2-6-15(14)18-10-12-4-3-7-17(19)20(12)21(13)22(16)18/h1-11H. The van der Waals surface area contributed by atoms with Crippen molar-refractivity contribution in [2.45, 2.75) is 0 Å². The Labute approximate surface area is 132 Å². The summed E-state index contributed by atoms with van der Waals surface area (Å²) in [4.78, 5) is 0. The van der Waals surface area contributed by atoms with Gasteiger partial charge < -0.3 is 0 Å². The maximum atomic E-state index is 14.5. The second-order valence-electron chi connectivity index (χ2n) is 6.32. The number of fused-ring (bicyclic) bond motifs is 3. The van der Waals surface area contributed by atoms with Gasteiger partial charge in [0.1, 0.15) is 5.82 Å². The number of hydrogen-bond acceptors (Lipinski definition) is 0. The molecule has 0 saturated heterocycles. The van der Waals surface area contributed by atoms with Crippen LogP contribution in [0.2, 0.25) is 0 Å². The summed E-state index contributed by atoms with van der Waals surface area (Å²) < 4.78 is 14.5. The topological polar surface area (TPSA) is 0 Å². The molecule has 1 heteroatoms. The van der Waals surface area contributed by atoms with E-state index in [1.165, 1.54) is 33.0 Å². The molecule has 5 aromatic carbocycles. The highest BCUT2D eigenvalue weighted by Gasteiger charge is 2.24. The number of hydrogen-bond donors (Lipinski definition) is 0. The molecule has 0 N–H and O–H groups in total. The molecule has 5 aromatic rings. The van der Waals surface area contributed by atoms with Gasteiger partial charge in [-0.1, -0.05) is 54.6 Å². The van der Waals surface area contributed by atoms with Gasteiger partial charge in [0.25, 0.3) is 0 Å². The van der Waals surface area contributed by atoms with Crippen LogP contribution in [0, 0.1) is 5.82 Å². The molecule has 1 aliphatic carbocycles. The fourth-order valence-electron chi connectivity index (χ4n) is 4.29. The molecule has 106 valence electrons. The van der Waals surface area contributed by atoms with Crippen molar-refractivity contribution in [3.63, 3.8) is 0 Å². The second kappa shape index (κ2) is 3.69. The van der Waals surface area contributed by atoms with Gasteiger partial charge in [0.05, 0.1) is 0 Å². The van der Waals surface area contributed by atoms with E-state index in [9.17, 15) is 4.39 Å². The lowest BCUT2D eigenvalue weighted by molar-refractivity contribution is 0.641. The first-order valence-electron chi connectivity index (χ1n) is 7.83. The van der Waals surface area contributed by atoms with Crippen LogP contribution in [-0.4, -0.2) is 0 Å². The lowest BCUT2D eigenvalue weighted by Crippen LogP contribution is -1.88. The smallest absolute Gasteiger partial charge is 0.131 e. The van der Waals surface area contributed by atoms with E-state index in [1.54, 1.807) is 6.07 Å². The van der Waals surface area contributed by atoms with Gasteiger partial charge in [-0.2, -0.15) is 0 Å². The fraction of sp³-hybridized carbons (Fsp3) is 0. The van der Waals surface area contributed by atoms with Gasteiger partial charge in [-0.3, -0.25) is 0 Å². The summed E-state index contributed by atoms with van der Waals surface area (Å²) in [5.41, 5.74) is 5.09. The van der Waals surface area contributed by atoms with Crippen LogP contribution in [0.25, 0.3) is 54.6 Å². The van der Waals surface area contributed by atoms with E-state index in [0.717, 1.165) is 21.5 Å². The maximum Gasteiger partial charge on any atom is 0.131 e. The largest absolute Gasteiger partial charge is 0.206 e. The summed E-state index contributed by atoms with van der Waals surface area (Å²) >= 11 is 0. The molecule has 0 aromatic heterocycles. The normalized spacial score (nSPS) is 12.6. The van der Waals surface area contributed by atoms with Crippen LogP contribution < -0.4 is 0 Å². The van der Waals surface area contributed by atoms with Crippen LogP contribution in [0.4, 0.5) is 4.39 Å². The average molecular weight is 294 g/mol. The molecule has 0 fully saturated rings. The third kappa shape index (κ3) is 1.24. The molecule has 0 heterocycles. The summed E-state index contributed by atoms with van der Waals surface area (Å²) in [5.74, 6) is -0.137. The zero-order valence-electron chi connectivity index (χ0n) is 12.2. The van der Waals surface area contributed by atoms with Crippen LogP contribution in [0.1, 0.15) is 0 Å². The minimum absolute atomic E-state index is 0.137. The predicted molar refractivity (Wildman–Crippen MR) is 94.5 cm³/mol. The van der Waals surface area contributed by atoms with E-state index in [1.807, 2.05) is 12.1 Å². The molecule has 6 rings (SSSR count). The van der Waals surface area contributed by atoms with Gasteiger partial charge in [0.15, 0.2) is 0 Å². The summed E-state index contributed by atoms with van der Waals surface area (Å²) in [6.45, 7) is 0. The van der Waals surface area contributed by atoms with Gasteiger partial charge in [-0.15, -0.1) is 0 Å². The van der Waals surface area contributed by atoms with E-state index < -0.39 is 0 Å². The van der Waals surface area contributed by atoms with Gasteiger partial charge >= 0.3 is 0 Å². The quantitative estimate of drug-likeness (QED) is 0.285. The van der Waals surface area contributed by atoms with Crippen LogP contribution in [0.5, 0.6) is 0 Å². The molecule has 0 radical (unpaired) electrons. The molecular formula is C22H11F. The highest BCUT2D eigenvalue weighted by atomic mass is 19.1. The number of halogens is 1. The second-order valence-corrected chi connectivity index (χ2v) is 6.32. The number of benzene rings is 5. The van der Waals surface area contributed by atoms with Gasteiger partial charge in [-0.25, -0.2) is 4.39 Å². The third-order valence-electron chi connectivity index (χ3n) is 5.20. The summed E-state index contributed by atoms with van der Waals surface area (Å²) in [5, 5.41) is 6.34. The lowest BCUT2D eigenvalue weighted by Gasteiger charge is -2.13. The molecule has 23 heavy (non-hydrogen) atoms. The molecule has 0 aliphatic heterocycles. The monoisotopic (exact) mass is 294 g/mol. The Hall–Kier alpha value is -2.93. The molecule has 0 atom stereocenters. The van der Waals surface area contributed by atoms with Crippen LogP contribution in [0.3, 0.4) is 0 Å². The van der Waals surface area contributed by atoms with Crippen LogP contribution >= 0.6 is 0 Å². The molecule has 0 spiro atoms. The van der Waals surface area contributed by atoms with E-state index >= 15 is 0 Å². The van der Waals surface area contributed by atoms with Gasteiger partial charge in [0.2, 0.25) is 0 Å². The Morgan fingerprint density at radius 3 is 2.17 bits per heavy atom. The van der Waals surface area contributed by atoms with E-state index in [2.05, 4.69) is 48.5 Å². The molecule has 0 amide bonds. The summed E-state index contributed by atoms with van der Waals surface area (Å²) in [6.07, 6.45) is 0. The fourth-order valence-corrected chi connectivity index (χ4v) is 4.29. The molecule has 0 saturated carbocycles. The molecule has 0 bridgehead atoms. The predicted octanol–water partition coefficient (Wildman–Crippen LogP) is 6.37. The van der Waals surface area contributed by atoms with E-state index in [4.69, 9.17) is 0 Å². The van der Waals surface area contributed by atoms with Gasteiger partial charge in [-0.05, 0) is 55.9 Å². The minimum Gasteiger partial charge on any atom is -0.206 e. The highest BCUT2D eigenvalue weighted by Crippen LogP contribution is 2.51. The molecular weight excluding hydrogens is 283 g/mol. The Morgan fingerprint density at radius 1 is 0.522 bits per heavy atom. The first-order chi connectivity index (χ1) is 11.3. The zero-order valence-corrected chi connectivity index (χ0v) is 12.2. The Balaban J connectivity index is 2.02. The first-order valence-corrected chi connectivity index (χ1v) is 7.83. The van der Waals surface area contributed by atoms with Crippen molar-refractivity contribution >= 4 is 32.3 Å². The average Bonchev–Trinajstić information content (AvgIpc) is 2.91. The first kappa shape index (κ1) is 11.6. The van der Waals surface area contributed by atoms with Crippen molar-refractivity contribution in [3.05, 3.63) is 72.5 Å². The van der Waals surface area contributed by atoms with Crippen molar-refractivity contribution in [3.8, 4) is 22.3 Å². The Bertz CT molecular complexity index is 1260. The van der Waals surface area contributed by atoms with Crippen LogP contribution in [-0.2, 0) is 0 Å². The molecule has 1 aliphatic rings. The van der Waals surface area contributed by atoms with Crippen molar-refractivity contribution < 1.29 is 4.39 Å². The minimum atomic E-state index is -0.137. The Kier molecular flexibility index (Phi) is 1.86. The van der Waals surface area contributed by atoms with Crippen molar-refractivity contribution in [2.75, 3.05) is 0 Å². The highest BCUT2D eigenvalue weighted by molar-refractivity contribution is 6.31. The summed E-state index contributed by atoms with van der Waals surface area (Å²) in [7, 11) is 0. The van der Waals surface area contributed by atoms with E-state index in [-0.39, 0.29) is 5.82 Å². The SMILES string of the molecule is Fc1cc2ccc3c4c(cc5cccc1c5c24)-c1ccccc1-3. The van der Waals surface area contributed by atoms with Crippen molar-refractivity contribution in [2.24, 2.45) is 0 Å². The van der Waals surface area contributed by atoms with E-state index in [0.29, 0.717) is 0 Å². The molecule has 0 nitrogen and oxygen atoms in total.